The molecule has 1 heterocycles. The van der Waals surface area contributed by atoms with Crippen LogP contribution in [0.25, 0.3) is 0 Å². The fraction of sp³-hybridized carbons (Fsp3) is 0.389. The lowest BCUT2D eigenvalue weighted by Crippen LogP contribution is -2.33. The van der Waals surface area contributed by atoms with Crippen molar-refractivity contribution in [1.29, 1.82) is 5.26 Å². The normalized spacial score (nSPS) is 11.2. The number of aromatic nitrogens is 2. The van der Waals surface area contributed by atoms with Gasteiger partial charge in [0.05, 0.1) is 0 Å². The Morgan fingerprint density at radius 2 is 2.04 bits per heavy atom. The van der Waals surface area contributed by atoms with Crippen LogP contribution in [0.3, 0.4) is 0 Å². The molecule has 2 aromatic rings. The smallest absolute Gasteiger partial charge is 0.234 e. The van der Waals surface area contributed by atoms with Gasteiger partial charge >= 0.3 is 0 Å². The summed E-state index contributed by atoms with van der Waals surface area (Å²) in [5.41, 5.74) is 1.28. The predicted octanol–water partition coefficient (Wildman–Crippen LogP) is 4.28. The van der Waals surface area contributed by atoms with Crippen molar-refractivity contribution < 1.29 is 4.39 Å². The summed E-state index contributed by atoms with van der Waals surface area (Å²) in [5, 5.41) is 9.00. The number of rotatable bonds is 5. The van der Waals surface area contributed by atoms with Crippen molar-refractivity contribution in [2.75, 3.05) is 11.4 Å². The Labute approximate surface area is 146 Å². The molecule has 0 N–H and O–H groups in total. The molecule has 0 aliphatic carbocycles. The maximum atomic E-state index is 14.3. The first-order valence-corrected chi connectivity index (χ1v) is 8.17. The summed E-state index contributed by atoms with van der Waals surface area (Å²) in [6.45, 7) is 7.30. The lowest BCUT2D eigenvalue weighted by Gasteiger charge is -2.31. The van der Waals surface area contributed by atoms with Crippen LogP contribution in [0.2, 0.25) is 0 Å². The zero-order valence-corrected chi connectivity index (χ0v) is 14.8. The van der Waals surface area contributed by atoms with Gasteiger partial charge in [0.1, 0.15) is 17.7 Å². The van der Waals surface area contributed by atoms with Gasteiger partial charge in [0, 0.05) is 30.7 Å². The van der Waals surface area contributed by atoms with Crippen LogP contribution >= 0.6 is 11.6 Å². The van der Waals surface area contributed by atoms with Gasteiger partial charge < -0.3 is 4.90 Å². The molecular weight excluding hydrogens is 327 g/mol. The number of alkyl halides is 1. The summed E-state index contributed by atoms with van der Waals surface area (Å²) in [4.78, 5) is 10.1. The Balaban J connectivity index is 2.34. The molecule has 0 unspecified atom stereocenters. The number of nitrogens with zero attached hydrogens (tertiary/aromatic N) is 4. The highest BCUT2D eigenvalue weighted by Gasteiger charge is 2.20. The van der Waals surface area contributed by atoms with Crippen molar-refractivity contribution in [3.05, 3.63) is 53.2 Å². The summed E-state index contributed by atoms with van der Waals surface area (Å²) in [5.74, 6) is 0.698. The van der Waals surface area contributed by atoms with Crippen LogP contribution in [0.4, 0.5) is 10.2 Å². The number of hydrogen-bond acceptors (Lipinski definition) is 4. The van der Waals surface area contributed by atoms with Gasteiger partial charge in [-0.2, -0.15) is 5.26 Å². The molecule has 1 aromatic carbocycles. The monoisotopic (exact) mass is 346 g/mol. The van der Waals surface area contributed by atoms with Gasteiger partial charge in [-0.25, -0.2) is 14.4 Å². The third-order valence-corrected chi connectivity index (χ3v) is 3.67. The molecular formula is C18H20ClFN4. The Hall–Kier alpha value is -2.19. The number of nitriles is 1. The van der Waals surface area contributed by atoms with Crippen molar-refractivity contribution in [2.24, 2.45) is 5.41 Å². The second kappa shape index (κ2) is 7.59. The lowest BCUT2D eigenvalue weighted by molar-refractivity contribution is 0.406. The molecule has 0 aliphatic rings. The molecule has 2 rings (SSSR count). The van der Waals surface area contributed by atoms with Crippen LogP contribution in [0.15, 0.2) is 30.5 Å². The van der Waals surface area contributed by atoms with E-state index in [2.05, 4.69) is 30.7 Å². The zero-order chi connectivity index (χ0) is 17.7. The van der Waals surface area contributed by atoms with Gasteiger partial charge in [-0.15, -0.1) is 11.6 Å². The van der Waals surface area contributed by atoms with Crippen molar-refractivity contribution in [2.45, 2.75) is 33.2 Å². The van der Waals surface area contributed by atoms with Gasteiger partial charge in [0.2, 0.25) is 5.82 Å². The first kappa shape index (κ1) is 18.2. The van der Waals surface area contributed by atoms with E-state index in [4.69, 9.17) is 16.9 Å². The van der Waals surface area contributed by atoms with Crippen LogP contribution in [0, 0.1) is 22.6 Å². The molecule has 0 atom stereocenters. The molecule has 4 nitrogen and oxygen atoms in total. The van der Waals surface area contributed by atoms with Gasteiger partial charge in [0.15, 0.2) is 0 Å². The minimum atomic E-state index is -0.290. The average molecular weight is 347 g/mol. The van der Waals surface area contributed by atoms with E-state index in [1.54, 1.807) is 18.3 Å². The number of hydrogen-bond donors (Lipinski definition) is 0. The molecule has 0 saturated carbocycles. The van der Waals surface area contributed by atoms with Crippen molar-refractivity contribution in [3.63, 3.8) is 0 Å². The van der Waals surface area contributed by atoms with Crippen LogP contribution in [0.1, 0.15) is 37.7 Å². The number of halogens is 2. The maximum absolute atomic E-state index is 14.3. The lowest BCUT2D eigenvalue weighted by atomic mass is 9.95. The predicted molar refractivity (Wildman–Crippen MR) is 93.2 cm³/mol. The molecule has 24 heavy (non-hydrogen) atoms. The minimum absolute atomic E-state index is 0.0235. The van der Waals surface area contributed by atoms with Gasteiger partial charge in [-0.3, -0.25) is 0 Å². The van der Waals surface area contributed by atoms with Crippen LogP contribution in [0.5, 0.6) is 0 Å². The number of anilines is 1. The molecule has 0 fully saturated rings. The van der Waals surface area contributed by atoms with Crippen molar-refractivity contribution >= 4 is 17.4 Å². The molecule has 6 heteroatoms. The topological polar surface area (TPSA) is 52.8 Å². The third-order valence-electron chi connectivity index (χ3n) is 3.36. The highest BCUT2D eigenvalue weighted by Crippen LogP contribution is 2.23. The second-order valence-electron chi connectivity index (χ2n) is 6.83. The Morgan fingerprint density at radius 3 is 2.62 bits per heavy atom. The summed E-state index contributed by atoms with van der Waals surface area (Å²) in [7, 11) is 0. The molecule has 1 aromatic heterocycles. The quantitative estimate of drug-likeness (QED) is 0.758. The van der Waals surface area contributed by atoms with Gasteiger partial charge in [-0.1, -0.05) is 32.9 Å². The molecule has 0 aliphatic heterocycles. The van der Waals surface area contributed by atoms with Crippen molar-refractivity contribution in [3.8, 4) is 6.07 Å². The minimum Gasteiger partial charge on any atom is -0.352 e. The fourth-order valence-corrected chi connectivity index (χ4v) is 2.54. The first-order valence-electron chi connectivity index (χ1n) is 7.64. The molecule has 0 radical (unpaired) electrons. The Kier molecular flexibility index (Phi) is 5.74. The molecule has 126 valence electrons. The highest BCUT2D eigenvalue weighted by atomic mass is 35.5. The summed E-state index contributed by atoms with van der Waals surface area (Å²) < 4.78 is 14.3. The molecule has 0 amide bonds. The van der Waals surface area contributed by atoms with Crippen molar-refractivity contribution in [1.82, 2.24) is 9.97 Å². The standard InChI is InChI=1S/C18H20ClFN4/c1-18(2,3)12-24(17-6-7-22-16(10-21)23-17)11-14-5-4-13(9-19)8-15(14)20/h4-8H,9,11-12H2,1-3H3. The van der Waals surface area contributed by atoms with E-state index in [1.807, 2.05) is 17.0 Å². The Bertz CT molecular complexity index is 749. The third kappa shape index (κ3) is 4.90. The molecule has 0 spiro atoms. The highest BCUT2D eigenvalue weighted by molar-refractivity contribution is 6.17. The van der Waals surface area contributed by atoms with E-state index in [0.29, 0.717) is 24.5 Å². The van der Waals surface area contributed by atoms with E-state index in [9.17, 15) is 4.39 Å². The van der Waals surface area contributed by atoms with E-state index in [1.165, 1.54) is 6.07 Å². The van der Waals surface area contributed by atoms with Crippen LogP contribution < -0.4 is 4.90 Å². The molecule has 0 saturated heterocycles. The van der Waals surface area contributed by atoms with E-state index >= 15 is 0 Å². The summed E-state index contributed by atoms with van der Waals surface area (Å²) >= 11 is 5.75. The average Bonchev–Trinajstić information content (AvgIpc) is 2.54. The number of benzene rings is 1. The maximum Gasteiger partial charge on any atom is 0.234 e. The van der Waals surface area contributed by atoms with Gasteiger partial charge in [-0.05, 0) is 23.1 Å². The summed E-state index contributed by atoms with van der Waals surface area (Å²) in [6, 6.07) is 8.69. The fourth-order valence-electron chi connectivity index (χ4n) is 2.38. The zero-order valence-electron chi connectivity index (χ0n) is 14.1. The Morgan fingerprint density at radius 1 is 1.29 bits per heavy atom. The van der Waals surface area contributed by atoms with E-state index < -0.39 is 0 Å². The van der Waals surface area contributed by atoms with Gasteiger partial charge in [0.25, 0.3) is 0 Å². The van der Waals surface area contributed by atoms with E-state index in [0.717, 1.165) is 5.56 Å². The van der Waals surface area contributed by atoms with Crippen LogP contribution in [-0.4, -0.2) is 16.5 Å². The van der Waals surface area contributed by atoms with E-state index in [-0.39, 0.29) is 22.9 Å². The van der Waals surface area contributed by atoms with Crippen LogP contribution in [-0.2, 0) is 12.4 Å². The molecule has 0 bridgehead atoms. The summed E-state index contributed by atoms with van der Waals surface area (Å²) in [6.07, 6.45) is 1.55. The SMILES string of the molecule is CC(C)(C)CN(Cc1ccc(CCl)cc1F)c1ccnc(C#N)n1. The second-order valence-corrected chi connectivity index (χ2v) is 7.09. The first-order chi connectivity index (χ1) is 11.3. The largest absolute Gasteiger partial charge is 0.352 e.